The molecule has 0 N–H and O–H groups in total. The van der Waals surface area contributed by atoms with Crippen molar-refractivity contribution in [2.24, 2.45) is 5.16 Å². The van der Waals surface area contributed by atoms with Crippen LogP contribution in [0.4, 0.5) is 0 Å². The first-order chi connectivity index (χ1) is 8.74. The second kappa shape index (κ2) is 5.56. The van der Waals surface area contributed by atoms with E-state index in [4.69, 9.17) is 4.84 Å². The molecule has 0 unspecified atom stereocenters. The van der Waals surface area contributed by atoms with Gasteiger partial charge in [-0.25, -0.2) is 0 Å². The third-order valence-corrected chi connectivity index (χ3v) is 3.45. The summed E-state index contributed by atoms with van der Waals surface area (Å²) in [4.78, 5) is 5.62. The van der Waals surface area contributed by atoms with Gasteiger partial charge in [0, 0.05) is 4.91 Å². The number of nitriles is 1. The zero-order valence-electron chi connectivity index (χ0n) is 10.2. The van der Waals surface area contributed by atoms with Crippen LogP contribution in [0.3, 0.4) is 0 Å². The highest BCUT2D eigenvalue weighted by Crippen LogP contribution is 2.33. The summed E-state index contributed by atoms with van der Waals surface area (Å²) in [5.41, 5.74) is 2.77. The van der Waals surface area contributed by atoms with Crippen molar-refractivity contribution in [3.8, 4) is 6.07 Å². The number of nitrogens with zero attached hydrogens (tertiary/aromatic N) is 2. The van der Waals surface area contributed by atoms with Crippen molar-refractivity contribution in [1.29, 1.82) is 5.26 Å². The first-order valence-electron chi connectivity index (χ1n) is 5.43. The minimum atomic E-state index is 0.664. The smallest absolute Gasteiger partial charge is 0.140 e. The first-order valence-corrected chi connectivity index (χ1v) is 6.24. The minimum absolute atomic E-state index is 0.664. The lowest BCUT2D eigenvalue weighted by Gasteiger charge is -2.02. The molecule has 1 aliphatic heterocycles. The largest absolute Gasteiger partial charge is 0.398 e. The van der Waals surface area contributed by atoms with Gasteiger partial charge < -0.3 is 4.84 Å². The Morgan fingerprint density at radius 1 is 1.28 bits per heavy atom. The van der Waals surface area contributed by atoms with Crippen molar-refractivity contribution in [2.75, 3.05) is 7.11 Å². The highest BCUT2D eigenvalue weighted by molar-refractivity contribution is 8.18. The van der Waals surface area contributed by atoms with Crippen molar-refractivity contribution in [3.05, 3.63) is 52.4 Å². The Bertz CT molecular complexity index is 577. The van der Waals surface area contributed by atoms with E-state index in [0.717, 1.165) is 15.5 Å². The molecule has 1 aromatic carbocycles. The standard InChI is InChI=1S/C14H12N2OS/c1-10-3-5-11(6-4-10)12(9-15)13-7-8-14(18-13)16-17-2/h3-8H,1-2H3/b13-12-,16-14?. The lowest BCUT2D eigenvalue weighted by Crippen LogP contribution is -1.86. The molecular formula is C14H12N2OS. The molecule has 0 bridgehead atoms. The maximum atomic E-state index is 9.30. The van der Waals surface area contributed by atoms with Crippen molar-refractivity contribution >= 4 is 22.4 Å². The van der Waals surface area contributed by atoms with E-state index in [2.05, 4.69) is 11.2 Å². The van der Waals surface area contributed by atoms with E-state index in [1.165, 1.54) is 24.4 Å². The van der Waals surface area contributed by atoms with Gasteiger partial charge in [-0.3, -0.25) is 0 Å². The van der Waals surface area contributed by atoms with E-state index in [1.807, 2.05) is 43.3 Å². The van der Waals surface area contributed by atoms with Gasteiger partial charge in [0.25, 0.3) is 0 Å². The fraction of sp³-hybridized carbons (Fsp3) is 0.143. The summed E-state index contributed by atoms with van der Waals surface area (Å²) < 4.78 is 0. The van der Waals surface area contributed by atoms with Gasteiger partial charge in [-0.15, -0.1) is 0 Å². The zero-order valence-corrected chi connectivity index (χ0v) is 11.0. The van der Waals surface area contributed by atoms with Gasteiger partial charge in [-0.1, -0.05) is 46.7 Å². The van der Waals surface area contributed by atoms with Crippen LogP contribution in [0.15, 0.2) is 46.5 Å². The Balaban J connectivity index is 2.36. The van der Waals surface area contributed by atoms with Crippen LogP contribution >= 0.6 is 11.8 Å². The molecule has 1 aliphatic rings. The minimum Gasteiger partial charge on any atom is -0.398 e. The summed E-state index contributed by atoms with van der Waals surface area (Å²) in [5.74, 6) is 0. The van der Waals surface area contributed by atoms with Crippen LogP contribution in [0.5, 0.6) is 0 Å². The van der Waals surface area contributed by atoms with E-state index in [-0.39, 0.29) is 0 Å². The average molecular weight is 256 g/mol. The number of aryl methyl sites for hydroxylation is 1. The molecule has 0 amide bonds. The summed E-state index contributed by atoms with van der Waals surface area (Å²) in [6, 6.07) is 10.2. The number of benzene rings is 1. The molecule has 90 valence electrons. The number of rotatable bonds is 2. The summed E-state index contributed by atoms with van der Waals surface area (Å²) in [6.07, 6.45) is 3.73. The monoisotopic (exact) mass is 256 g/mol. The molecule has 0 saturated heterocycles. The second-order valence-electron chi connectivity index (χ2n) is 3.76. The zero-order chi connectivity index (χ0) is 13.0. The lowest BCUT2D eigenvalue weighted by molar-refractivity contribution is 0.215. The van der Waals surface area contributed by atoms with E-state index in [0.29, 0.717) is 5.57 Å². The topological polar surface area (TPSA) is 45.4 Å². The van der Waals surface area contributed by atoms with Gasteiger partial charge >= 0.3 is 0 Å². The highest BCUT2D eigenvalue weighted by atomic mass is 32.2. The third-order valence-electron chi connectivity index (χ3n) is 2.47. The van der Waals surface area contributed by atoms with Crippen molar-refractivity contribution in [3.63, 3.8) is 0 Å². The van der Waals surface area contributed by atoms with Crippen LogP contribution in [0.1, 0.15) is 11.1 Å². The van der Waals surface area contributed by atoms with Crippen molar-refractivity contribution < 1.29 is 4.84 Å². The number of allylic oxidation sites excluding steroid dienone is 2. The third kappa shape index (κ3) is 2.63. The Labute approximate surface area is 110 Å². The fourth-order valence-electron chi connectivity index (χ4n) is 1.58. The maximum Gasteiger partial charge on any atom is 0.140 e. The molecule has 0 aliphatic carbocycles. The van der Waals surface area contributed by atoms with E-state index < -0.39 is 0 Å². The lowest BCUT2D eigenvalue weighted by atomic mass is 10.1. The summed E-state index contributed by atoms with van der Waals surface area (Å²) in [7, 11) is 1.51. The quantitative estimate of drug-likeness (QED) is 0.601. The second-order valence-corrected chi connectivity index (χ2v) is 4.83. The average Bonchev–Trinajstić information content (AvgIpc) is 2.82. The molecule has 0 spiro atoms. The fourth-order valence-corrected chi connectivity index (χ4v) is 2.46. The number of oxime groups is 1. The Hall–Kier alpha value is -1.99. The van der Waals surface area contributed by atoms with Crippen molar-refractivity contribution in [2.45, 2.75) is 6.92 Å². The number of hydrogen-bond acceptors (Lipinski definition) is 4. The van der Waals surface area contributed by atoms with Crippen LogP contribution < -0.4 is 0 Å². The van der Waals surface area contributed by atoms with E-state index in [9.17, 15) is 5.26 Å². The Morgan fingerprint density at radius 2 is 2.00 bits per heavy atom. The maximum absolute atomic E-state index is 9.30. The van der Waals surface area contributed by atoms with Crippen molar-refractivity contribution in [1.82, 2.24) is 0 Å². The molecular weight excluding hydrogens is 244 g/mol. The number of hydrogen-bond donors (Lipinski definition) is 0. The highest BCUT2D eigenvalue weighted by Gasteiger charge is 2.15. The Morgan fingerprint density at radius 3 is 2.61 bits per heavy atom. The molecule has 1 heterocycles. The van der Waals surface area contributed by atoms with Crippen LogP contribution in [0.2, 0.25) is 0 Å². The molecule has 4 heteroatoms. The molecule has 0 radical (unpaired) electrons. The van der Waals surface area contributed by atoms with Gasteiger partial charge in [0.05, 0.1) is 5.57 Å². The normalized spacial score (nSPS) is 18.8. The summed E-state index contributed by atoms with van der Waals surface area (Å²) >= 11 is 1.44. The van der Waals surface area contributed by atoms with Gasteiger partial charge in [0.1, 0.15) is 18.2 Å². The number of thioether (sulfide) groups is 1. The molecule has 0 saturated carbocycles. The van der Waals surface area contributed by atoms with Gasteiger partial charge in [-0.2, -0.15) is 5.26 Å². The molecule has 0 aromatic heterocycles. The SMILES string of the molecule is CON=C1C=C/C(=C(\C#N)c2ccc(C)cc2)S1. The summed E-state index contributed by atoms with van der Waals surface area (Å²) in [5, 5.41) is 13.9. The predicted octanol–water partition coefficient (Wildman–Crippen LogP) is 3.49. The first kappa shape index (κ1) is 12.5. The van der Waals surface area contributed by atoms with Crippen LogP contribution in [0, 0.1) is 18.3 Å². The molecule has 1 aromatic rings. The molecule has 0 fully saturated rings. The molecule has 0 atom stereocenters. The summed E-state index contributed by atoms with van der Waals surface area (Å²) in [6.45, 7) is 2.02. The van der Waals surface area contributed by atoms with Crippen LogP contribution in [-0.2, 0) is 4.84 Å². The van der Waals surface area contributed by atoms with E-state index >= 15 is 0 Å². The molecule has 18 heavy (non-hydrogen) atoms. The molecule has 2 rings (SSSR count). The van der Waals surface area contributed by atoms with E-state index in [1.54, 1.807) is 0 Å². The van der Waals surface area contributed by atoms with Crippen LogP contribution in [0.25, 0.3) is 5.57 Å². The van der Waals surface area contributed by atoms with Gasteiger partial charge in [0.15, 0.2) is 0 Å². The Kier molecular flexibility index (Phi) is 3.85. The molecule has 3 nitrogen and oxygen atoms in total. The van der Waals surface area contributed by atoms with Gasteiger partial charge in [-0.05, 0) is 24.6 Å². The predicted molar refractivity (Wildman–Crippen MR) is 74.9 cm³/mol. The van der Waals surface area contributed by atoms with Crippen LogP contribution in [-0.4, -0.2) is 12.2 Å². The van der Waals surface area contributed by atoms with Gasteiger partial charge in [0.2, 0.25) is 0 Å².